The van der Waals surface area contributed by atoms with Crippen LogP contribution in [-0.4, -0.2) is 30.9 Å². The summed E-state index contributed by atoms with van der Waals surface area (Å²) < 4.78 is 13.1. The van der Waals surface area contributed by atoms with Gasteiger partial charge >= 0.3 is 5.97 Å². The number of hydrogen-bond acceptors (Lipinski definition) is 5. The highest BCUT2D eigenvalue weighted by atomic mass is 28.4. The summed E-state index contributed by atoms with van der Waals surface area (Å²) in [4.78, 5) is 26.5. The molecule has 4 rings (SSSR count). The number of carbonyl (C=O) groups is 1. The topological polar surface area (TPSA) is 101 Å². The predicted molar refractivity (Wildman–Crippen MR) is 161 cm³/mol. The van der Waals surface area contributed by atoms with Gasteiger partial charge in [0.15, 0.2) is 8.32 Å². The third-order valence-corrected chi connectivity index (χ3v) is 12.1. The van der Waals surface area contributed by atoms with Crippen LogP contribution in [0.1, 0.15) is 53.9 Å². The average molecular weight is 559 g/mol. The molecule has 0 fully saturated rings. The Balaban J connectivity index is 1.64. The lowest BCUT2D eigenvalue weighted by Gasteiger charge is -2.39. The molecule has 0 saturated carbocycles. The van der Waals surface area contributed by atoms with Gasteiger partial charge in [-0.15, -0.1) is 0 Å². The normalized spacial score (nSPS) is 12.8. The first-order valence-corrected chi connectivity index (χ1v) is 16.4. The van der Waals surface area contributed by atoms with E-state index in [4.69, 9.17) is 9.16 Å². The molecule has 1 unspecified atom stereocenters. The van der Waals surface area contributed by atoms with Gasteiger partial charge in [0.1, 0.15) is 12.4 Å². The fourth-order valence-corrected chi connectivity index (χ4v) is 5.52. The Labute approximate surface area is 236 Å². The van der Waals surface area contributed by atoms with Crippen LogP contribution in [0.2, 0.25) is 18.1 Å². The van der Waals surface area contributed by atoms with E-state index in [1.54, 1.807) is 12.1 Å². The van der Waals surface area contributed by atoms with E-state index < -0.39 is 14.3 Å². The highest BCUT2D eigenvalue weighted by Gasteiger charge is 2.39. The number of carboxylic acids is 1. The molecule has 7 nitrogen and oxygen atoms in total. The number of aromatic nitrogens is 1. The van der Waals surface area contributed by atoms with Crippen LogP contribution in [-0.2, 0) is 17.6 Å². The lowest BCUT2D eigenvalue weighted by Crippen LogP contribution is -2.43. The summed E-state index contributed by atoms with van der Waals surface area (Å²) in [7, 11) is -2.18. The number of H-pyrrole nitrogens is 1. The minimum absolute atomic E-state index is 0.000759. The maximum atomic E-state index is 12.4. The second-order valence-electron chi connectivity index (χ2n) is 11.5. The number of aromatic amines is 1. The summed E-state index contributed by atoms with van der Waals surface area (Å²) >= 11 is 0. The molecule has 0 amide bonds. The van der Waals surface area contributed by atoms with Gasteiger partial charge < -0.3 is 24.6 Å². The summed E-state index contributed by atoms with van der Waals surface area (Å²) in [6.07, 6.45) is -0.282. The Hall–Kier alpha value is -3.72. The van der Waals surface area contributed by atoms with Gasteiger partial charge in [0.25, 0.3) is 0 Å². The van der Waals surface area contributed by atoms with E-state index in [1.807, 2.05) is 60.7 Å². The largest absolute Gasteiger partial charge is 0.487 e. The van der Waals surface area contributed by atoms with Gasteiger partial charge in [-0.1, -0.05) is 69.3 Å². The Morgan fingerprint density at radius 1 is 0.950 bits per heavy atom. The van der Waals surface area contributed by atoms with Gasteiger partial charge in [-0.2, -0.15) is 0 Å². The number of aromatic carboxylic acids is 1. The number of fused-ring (bicyclic) bond motifs is 1. The molecule has 0 aliphatic carbocycles. The second-order valence-corrected chi connectivity index (χ2v) is 16.3. The molecule has 0 spiro atoms. The van der Waals surface area contributed by atoms with E-state index in [0.717, 1.165) is 22.1 Å². The van der Waals surface area contributed by atoms with E-state index in [9.17, 15) is 14.7 Å². The van der Waals surface area contributed by atoms with Gasteiger partial charge in [-0.25, -0.2) is 4.79 Å². The zero-order valence-corrected chi connectivity index (χ0v) is 24.8. The third-order valence-electron chi connectivity index (χ3n) is 7.58. The van der Waals surface area contributed by atoms with Gasteiger partial charge in [0.2, 0.25) is 5.56 Å². The Morgan fingerprint density at radius 3 is 2.30 bits per heavy atom. The van der Waals surface area contributed by atoms with Crippen LogP contribution in [0.3, 0.4) is 0 Å². The van der Waals surface area contributed by atoms with Gasteiger partial charge in [-0.3, -0.25) is 4.79 Å². The van der Waals surface area contributed by atoms with Crippen LogP contribution < -0.4 is 15.6 Å². The second kappa shape index (κ2) is 12.2. The summed E-state index contributed by atoms with van der Waals surface area (Å²) in [5.74, 6) is -0.332. The molecule has 1 atom stereocenters. The van der Waals surface area contributed by atoms with Crippen molar-refractivity contribution in [1.82, 2.24) is 10.3 Å². The van der Waals surface area contributed by atoms with Crippen LogP contribution in [0.15, 0.2) is 83.7 Å². The summed E-state index contributed by atoms with van der Waals surface area (Å²) in [6, 6.07) is 24.1. The number of ether oxygens (including phenoxy) is 1. The van der Waals surface area contributed by atoms with Crippen LogP contribution >= 0.6 is 0 Å². The van der Waals surface area contributed by atoms with Gasteiger partial charge in [-0.05, 0) is 59.1 Å². The number of carboxylic acid groups (broad SMARTS) is 1. The number of rotatable bonds is 11. The number of benzene rings is 3. The molecule has 0 bridgehead atoms. The maximum absolute atomic E-state index is 12.4. The average Bonchev–Trinajstić information content (AvgIpc) is 2.91. The SMILES string of the molecule is CC(C)(C)[Si](C)(C)OC(CNCc1ccc(C(=O)O)cc1)c1ccc(OCc2ccccc2)c2[nH]c(=O)ccc12. The first-order chi connectivity index (χ1) is 18.9. The molecule has 1 aromatic heterocycles. The van der Waals surface area contributed by atoms with Crippen molar-refractivity contribution in [3.8, 4) is 5.75 Å². The Kier molecular flexibility index (Phi) is 8.93. The minimum atomic E-state index is -2.18. The molecular formula is C32H38N2O5Si. The first-order valence-electron chi connectivity index (χ1n) is 13.5. The highest BCUT2D eigenvalue weighted by molar-refractivity contribution is 6.74. The Bertz CT molecular complexity index is 1510. The van der Waals surface area contributed by atoms with Gasteiger partial charge in [0, 0.05) is 24.5 Å². The summed E-state index contributed by atoms with van der Waals surface area (Å²) in [5, 5.41) is 13.6. The van der Waals surface area contributed by atoms with Crippen molar-refractivity contribution in [1.29, 1.82) is 0 Å². The number of nitrogens with one attached hydrogen (secondary N) is 2. The molecule has 1 heterocycles. The van der Waals surface area contributed by atoms with Gasteiger partial charge in [0.05, 0.1) is 17.2 Å². The van der Waals surface area contributed by atoms with Crippen molar-refractivity contribution in [2.45, 2.75) is 58.2 Å². The summed E-state index contributed by atoms with van der Waals surface area (Å²) in [6.45, 7) is 12.6. The van der Waals surface area contributed by atoms with Crippen LogP contribution in [0.5, 0.6) is 5.75 Å². The molecule has 4 aromatic rings. The van der Waals surface area contributed by atoms with Crippen molar-refractivity contribution < 1.29 is 19.1 Å². The molecule has 0 saturated heterocycles. The zero-order chi connectivity index (χ0) is 28.9. The van der Waals surface area contributed by atoms with Crippen LogP contribution in [0.4, 0.5) is 0 Å². The quantitative estimate of drug-likeness (QED) is 0.178. The minimum Gasteiger partial charge on any atom is -0.487 e. The fourth-order valence-electron chi connectivity index (χ4n) is 4.24. The van der Waals surface area contributed by atoms with E-state index in [2.05, 4.69) is 44.2 Å². The molecule has 3 N–H and O–H groups in total. The lowest BCUT2D eigenvalue weighted by atomic mass is 10.0. The van der Waals surface area contributed by atoms with Crippen molar-refractivity contribution >= 4 is 25.2 Å². The smallest absolute Gasteiger partial charge is 0.335 e. The number of pyridine rings is 1. The molecule has 0 aliphatic heterocycles. The molecule has 210 valence electrons. The van der Waals surface area contributed by atoms with Crippen molar-refractivity contribution in [3.05, 3.63) is 111 Å². The van der Waals surface area contributed by atoms with E-state index in [1.165, 1.54) is 6.07 Å². The molecule has 3 aromatic carbocycles. The van der Waals surface area contributed by atoms with E-state index in [-0.39, 0.29) is 22.3 Å². The predicted octanol–water partition coefficient (Wildman–Crippen LogP) is 6.66. The summed E-state index contributed by atoms with van der Waals surface area (Å²) in [5.41, 5.74) is 3.70. The molecule has 40 heavy (non-hydrogen) atoms. The molecule has 8 heteroatoms. The Morgan fingerprint density at radius 2 is 1.65 bits per heavy atom. The molecular weight excluding hydrogens is 520 g/mol. The van der Waals surface area contributed by atoms with Crippen LogP contribution in [0, 0.1) is 0 Å². The van der Waals surface area contributed by atoms with Crippen LogP contribution in [0.25, 0.3) is 10.9 Å². The highest BCUT2D eigenvalue weighted by Crippen LogP contribution is 2.41. The maximum Gasteiger partial charge on any atom is 0.335 e. The first kappa shape index (κ1) is 29.3. The molecule has 0 radical (unpaired) electrons. The third kappa shape index (κ3) is 7.07. The zero-order valence-electron chi connectivity index (χ0n) is 23.8. The lowest BCUT2D eigenvalue weighted by molar-refractivity contribution is 0.0697. The van der Waals surface area contributed by atoms with Crippen molar-refractivity contribution in [2.75, 3.05) is 6.54 Å². The standard InChI is InChI=1S/C32H38N2O5Si/c1-32(2,3)40(4,5)39-28(20-33-19-22-11-13-24(14-12-22)31(36)37)25-15-17-27(30-26(25)16-18-29(35)34-30)38-21-23-9-7-6-8-10-23/h6-18,28,33H,19-21H2,1-5H3,(H,34,35)(H,36,37). The monoisotopic (exact) mass is 558 g/mol. The van der Waals surface area contributed by atoms with E-state index in [0.29, 0.717) is 31.0 Å². The van der Waals surface area contributed by atoms with Crippen molar-refractivity contribution in [2.24, 2.45) is 0 Å². The number of hydrogen-bond donors (Lipinski definition) is 3. The fraction of sp³-hybridized carbons (Fsp3) is 0.312. The van der Waals surface area contributed by atoms with Crippen molar-refractivity contribution in [3.63, 3.8) is 0 Å². The molecule has 0 aliphatic rings. The van der Waals surface area contributed by atoms with E-state index >= 15 is 0 Å².